The van der Waals surface area contributed by atoms with Gasteiger partial charge in [-0.05, 0) is 31.0 Å². The summed E-state index contributed by atoms with van der Waals surface area (Å²) in [5.74, 6) is 1.08. The Morgan fingerprint density at radius 2 is 2.05 bits per heavy atom. The summed E-state index contributed by atoms with van der Waals surface area (Å²) in [7, 11) is 1.65. The van der Waals surface area contributed by atoms with Crippen LogP contribution in [0.1, 0.15) is 22.7 Å². The van der Waals surface area contributed by atoms with Crippen LogP contribution in [0, 0.1) is 6.92 Å². The number of hydrogen-bond acceptors (Lipinski definition) is 4. The average Bonchev–Trinajstić information content (AvgIpc) is 2.82. The molecule has 0 unspecified atom stereocenters. The van der Waals surface area contributed by atoms with Crippen LogP contribution in [0.3, 0.4) is 0 Å². The highest BCUT2D eigenvalue weighted by molar-refractivity contribution is 7.09. The first-order valence-electron chi connectivity index (χ1n) is 6.23. The van der Waals surface area contributed by atoms with E-state index >= 15 is 0 Å². The van der Waals surface area contributed by atoms with Gasteiger partial charge in [0.15, 0.2) is 0 Å². The van der Waals surface area contributed by atoms with Gasteiger partial charge in [-0.1, -0.05) is 12.1 Å². The molecular weight excluding hydrogens is 258 g/mol. The molecule has 0 amide bonds. The minimum absolute atomic E-state index is 0.237. The zero-order valence-corrected chi connectivity index (χ0v) is 12.0. The van der Waals surface area contributed by atoms with Crippen LogP contribution >= 0.6 is 11.3 Å². The molecule has 100 valence electrons. The highest BCUT2D eigenvalue weighted by Crippen LogP contribution is 2.14. The quantitative estimate of drug-likeness (QED) is 0.812. The van der Waals surface area contributed by atoms with E-state index in [2.05, 4.69) is 4.98 Å². The monoisotopic (exact) mass is 275 g/mol. The zero-order chi connectivity index (χ0) is 13.7. The van der Waals surface area contributed by atoms with Crippen LogP contribution in [0.5, 0.6) is 5.75 Å². The number of Topliss-reactive ketones (excluding diaryl/α,β-unsaturated/α-hetero) is 1. The maximum atomic E-state index is 11.9. The average molecular weight is 275 g/mol. The number of aryl methyl sites for hydroxylation is 2. The van der Waals surface area contributed by atoms with E-state index in [0.717, 1.165) is 28.4 Å². The summed E-state index contributed by atoms with van der Waals surface area (Å²) < 4.78 is 5.10. The lowest BCUT2D eigenvalue weighted by atomic mass is 10.1. The van der Waals surface area contributed by atoms with E-state index in [-0.39, 0.29) is 5.78 Å². The second-order valence-corrected chi connectivity index (χ2v) is 5.48. The molecule has 1 aromatic carbocycles. The minimum atomic E-state index is 0.237. The first-order valence-corrected chi connectivity index (χ1v) is 7.11. The Morgan fingerprint density at radius 3 is 2.63 bits per heavy atom. The number of ketones is 1. The van der Waals surface area contributed by atoms with Gasteiger partial charge in [-0.25, -0.2) is 4.98 Å². The lowest BCUT2D eigenvalue weighted by Crippen LogP contribution is -2.04. The van der Waals surface area contributed by atoms with Gasteiger partial charge in [-0.3, -0.25) is 4.79 Å². The van der Waals surface area contributed by atoms with Crippen molar-refractivity contribution < 1.29 is 9.53 Å². The van der Waals surface area contributed by atoms with Gasteiger partial charge >= 0.3 is 0 Å². The largest absolute Gasteiger partial charge is 0.497 e. The third-order valence-corrected chi connectivity index (χ3v) is 3.72. The van der Waals surface area contributed by atoms with Gasteiger partial charge in [0.05, 0.1) is 17.8 Å². The number of hydrogen-bond donors (Lipinski definition) is 0. The molecule has 0 fully saturated rings. The van der Waals surface area contributed by atoms with Crippen LogP contribution in [0.15, 0.2) is 29.6 Å². The van der Waals surface area contributed by atoms with E-state index in [1.165, 1.54) is 0 Å². The lowest BCUT2D eigenvalue weighted by Gasteiger charge is -2.03. The minimum Gasteiger partial charge on any atom is -0.497 e. The maximum Gasteiger partial charge on any atom is 0.139 e. The number of aromatic nitrogens is 1. The Balaban J connectivity index is 1.82. The second-order valence-electron chi connectivity index (χ2n) is 4.42. The lowest BCUT2D eigenvalue weighted by molar-refractivity contribution is -0.118. The summed E-state index contributed by atoms with van der Waals surface area (Å²) in [6, 6.07) is 7.84. The zero-order valence-electron chi connectivity index (χ0n) is 11.2. The highest BCUT2D eigenvalue weighted by Gasteiger charge is 2.07. The molecule has 1 aromatic heterocycles. The van der Waals surface area contributed by atoms with Crippen molar-refractivity contribution in [2.24, 2.45) is 0 Å². The maximum absolute atomic E-state index is 11.9. The Morgan fingerprint density at radius 1 is 1.32 bits per heavy atom. The number of carbonyl (C=O) groups excluding carboxylic acids is 1. The standard InChI is InChI=1S/C15H17NO2S/c1-11-16-13(10-19-11)9-14(17)6-3-12-4-7-15(18-2)8-5-12/h4-5,7-8,10H,3,6,9H2,1-2H3. The number of carbonyl (C=O) groups is 1. The molecule has 3 nitrogen and oxygen atoms in total. The Bertz CT molecular complexity index is 546. The van der Waals surface area contributed by atoms with E-state index in [0.29, 0.717) is 12.8 Å². The topological polar surface area (TPSA) is 39.2 Å². The number of benzene rings is 1. The van der Waals surface area contributed by atoms with Gasteiger partial charge in [0, 0.05) is 18.2 Å². The van der Waals surface area contributed by atoms with Crippen molar-refractivity contribution >= 4 is 17.1 Å². The molecule has 0 atom stereocenters. The molecule has 0 saturated carbocycles. The number of nitrogens with zero attached hydrogens (tertiary/aromatic N) is 1. The van der Waals surface area contributed by atoms with Crippen molar-refractivity contribution in [3.8, 4) is 5.75 Å². The molecule has 4 heteroatoms. The van der Waals surface area contributed by atoms with Crippen LogP contribution in [0.4, 0.5) is 0 Å². The van der Waals surface area contributed by atoms with E-state index in [4.69, 9.17) is 4.74 Å². The SMILES string of the molecule is COc1ccc(CCC(=O)Cc2csc(C)n2)cc1. The molecule has 0 aliphatic rings. The molecule has 2 aromatic rings. The van der Waals surface area contributed by atoms with E-state index in [1.807, 2.05) is 36.6 Å². The Labute approximate surface area is 117 Å². The van der Waals surface area contributed by atoms with Gasteiger partial charge in [-0.2, -0.15) is 0 Å². The predicted molar refractivity (Wildman–Crippen MR) is 76.9 cm³/mol. The fourth-order valence-electron chi connectivity index (χ4n) is 1.86. The first-order chi connectivity index (χ1) is 9.17. The van der Waals surface area contributed by atoms with Crippen molar-refractivity contribution in [1.29, 1.82) is 0 Å². The van der Waals surface area contributed by atoms with Gasteiger partial charge in [0.1, 0.15) is 11.5 Å². The van der Waals surface area contributed by atoms with E-state index in [1.54, 1.807) is 18.4 Å². The number of methoxy groups -OCH3 is 1. The van der Waals surface area contributed by atoms with E-state index in [9.17, 15) is 4.79 Å². The van der Waals surface area contributed by atoms with Gasteiger partial charge in [0.25, 0.3) is 0 Å². The molecular formula is C15H17NO2S. The van der Waals surface area contributed by atoms with Gasteiger partial charge < -0.3 is 4.74 Å². The van der Waals surface area contributed by atoms with Crippen molar-refractivity contribution in [1.82, 2.24) is 4.98 Å². The molecule has 0 bridgehead atoms. The van der Waals surface area contributed by atoms with Crippen LogP contribution in [0.2, 0.25) is 0 Å². The van der Waals surface area contributed by atoms with Gasteiger partial charge in [0.2, 0.25) is 0 Å². The molecule has 1 heterocycles. The number of rotatable bonds is 6. The fourth-order valence-corrected chi connectivity index (χ4v) is 2.47. The van der Waals surface area contributed by atoms with Crippen LogP contribution in [0.25, 0.3) is 0 Å². The summed E-state index contributed by atoms with van der Waals surface area (Å²) in [4.78, 5) is 16.2. The summed E-state index contributed by atoms with van der Waals surface area (Å²) in [5.41, 5.74) is 2.05. The molecule has 0 saturated heterocycles. The van der Waals surface area contributed by atoms with E-state index < -0.39 is 0 Å². The van der Waals surface area contributed by atoms with Crippen LogP contribution < -0.4 is 4.74 Å². The highest BCUT2D eigenvalue weighted by atomic mass is 32.1. The predicted octanol–water partition coefficient (Wildman–Crippen LogP) is 3.20. The molecule has 0 aliphatic carbocycles. The Hall–Kier alpha value is -1.68. The summed E-state index contributed by atoms with van der Waals surface area (Å²) in [5, 5.41) is 2.97. The third-order valence-electron chi connectivity index (χ3n) is 2.90. The molecule has 0 spiro atoms. The van der Waals surface area contributed by atoms with Gasteiger partial charge in [-0.15, -0.1) is 11.3 Å². The first kappa shape index (κ1) is 13.7. The smallest absolute Gasteiger partial charge is 0.139 e. The molecule has 0 N–H and O–H groups in total. The third kappa shape index (κ3) is 4.17. The van der Waals surface area contributed by atoms with Crippen LogP contribution in [-0.4, -0.2) is 17.9 Å². The molecule has 0 aliphatic heterocycles. The van der Waals surface area contributed by atoms with Crippen molar-refractivity contribution in [2.75, 3.05) is 7.11 Å². The number of thiazole rings is 1. The second kappa shape index (κ2) is 6.48. The molecule has 2 rings (SSSR count). The van der Waals surface area contributed by atoms with Crippen LogP contribution in [-0.2, 0) is 17.6 Å². The Kier molecular flexibility index (Phi) is 4.68. The fraction of sp³-hybridized carbons (Fsp3) is 0.333. The summed E-state index contributed by atoms with van der Waals surface area (Å²) >= 11 is 1.59. The van der Waals surface area contributed by atoms with Crippen molar-refractivity contribution in [3.05, 3.63) is 45.9 Å². The van der Waals surface area contributed by atoms with Crippen molar-refractivity contribution in [3.63, 3.8) is 0 Å². The summed E-state index contributed by atoms with van der Waals surface area (Å²) in [6.45, 7) is 1.95. The normalized spacial score (nSPS) is 10.4. The van der Waals surface area contributed by atoms with Crippen molar-refractivity contribution in [2.45, 2.75) is 26.2 Å². The molecule has 0 radical (unpaired) electrons. The number of ether oxygens (including phenoxy) is 1. The molecule has 19 heavy (non-hydrogen) atoms. The summed E-state index contributed by atoms with van der Waals surface area (Å²) in [6.07, 6.45) is 1.77.